The van der Waals surface area contributed by atoms with Gasteiger partial charge < -0.3 is 15.2 Å². The molecule has 2 aliphatic rings. The molecule has 0 bridgehead atoms. The van der Waals surface area contributed by atoms with Crippen molar-refractivity contribution in [2.45, 2.75) is 37.6 Å². The molecule has 3 rings (SSSR count). The van der Waals surface area contributed by atoms with Gasteiger partial charge in [0, 0.05) is 0 Å². The highest BCUT2D eigenvalue weighted by Gasteiger charge is 2.44. The number of rotatable bonds is 6. The summed E-state index contributed by atoms with van der Waals surface area (Å²) in [4.78, 5) is 0. The van der Waals surface area contributed by atoms with Gasteiger partial charge in [-0.3, -0.25) is 0 Å². The van der Waals surface area contributed by atoms with Crippen molar-refractivity contribution in [3.63, 3.8) is 0 Å². The fourth-order valence-corrected chi connectivity index (χ4v) is 3.13. The van der Waals surface area contributed by atoms with Crippen LogP contribution in [0.4, 0.5) is 0 Å². The average Bonchev–Trinajstić information content (AvgIpc) is 3.19. The molecule has 1 unspecified atom stereocenters. The number of aryl methyl sites for hydroxylation is 2. The standard InChI is InChI=1S/C16H23NO2/c1-17-16(10-18,14-6-7-14)11-19-15-8-5-12-3-2-4-13(12)9-15/h5,8-9,14,17-18H,2-4,6-7,10-11H2,1H3. The van der Waals surface area contributed by atoms with Gasteiger partial charge in [0.2, 0.25) is 0 Å². The Hall–Kier alpha value is -1.06. The smallest absolute Gasteiger partial charge is 0.119 e. The van der Waals surface area contributed by atoms with E-state index < -0.39 is 0 Å². The van der Waals surface area contributed by atoms with E-state index in [4.69, 9.17) is 4.74 Å². The van der Waals surface area contributed by atoms with Crippen molar-refractivity contribution >= 4 is 0 Å². The van der Waals surface area contributed by atoms with Gasteiger partial charge >= 0.3 is 0 Å². The third-order valence-electron chi connectivity index (χ3n) is 4.71. The van der Waals surface area contributed by atoms with Gasteiger partial charge in [0.1, 0.15) is 12.4 Å². The highest BCUT2D eigenvalue weighted by atomic mass is 16.5. The molecule has 2 N–H and O–H groups in total. The highest BCUT2D eigenvalue weighted by molar-refractivity contribution is 5.38. The maximum absolute atomic E-state index is 9.68. The maximum Gasteiger partial charge on any atom is 0.119 e. The van der Waals surface area contributed by atoms with Crippen LogP contribution in [-0.4, -0.2) is 30.9 Å². The van der Waals surface area contributed by atoms with Gasteiger partial charge in [0.05, 0.1) is 12.1 Å². The molecule has 0 aliphatic heterocycles. The second kappa shape index (κ2) is 5.14. The van der Waals surface area contributed by atoms with Gasteiger partial charge in [0.25, 0.3) is 0 Å². The molecule has 1 aromatic rings. The summed E-state index contributed by atoms with van der Waals surface area (Å²) in [5.74, 6) is 1.49. The normalized spacial score (nSPS) is 20.9. The Balaban J connectivity index is 1.68. The number of hydrogen-bond acceptors (Lipinski definition) is 3. The molecular weight excluding hydrogens is 238 g/mol. The van der Waals surface area contributed by atoms with E-state index in [0.29, 0.717) is 12.5 Å². The third-order valence-corrected chi connectivity index (χ3v) is 4.71. The number of aliphatic hydroxyl groups excluding tert-OH is 1. The van der Waals surface area contributed by atoms with E-state index in [-0.39, 0.29) is 12.1 Å². The Morgan fingerprint density at radius 2 is 2.11 bits per heavy atom. The average molecular weight is 261 g/mol. The number of likely N-dealkylation sites (N-methyl/N-ethyl adjacent to an activating group) is 1. The Morgan fingerprint density at radius 3 is 2.79 bits per heavy atom. The molecule has 0 amide bonds. The molecule has 104 valence electrons. The van der Waals surface area contributed by atoms with E-state index in [1.807, 2.05) is 7.05 Å². The van der Waals surface area contributed by atoms with Crippen LogP contribution < -0.4 is 10.1 Å². The van der Waals surface area contributed by atoms with E-state index in [0.717, 1.165) is 5.75 Å². The molecule has 0 aromatic heterocycles. The first-order valence-corrected chi connectivity index (χ1v) is 7.32. The molecule has 19 heavy (non-hydrogen) atoms. The van der Waals surface area contributed by atoms with E-state index in [9.17, 15) is 5.11 Å². The molecule has 0 saturated heterocycles. The predicted molar refractivity (Wildman–Crippen MR) is 75.6 cm³/mol. The zero-order valence-corrected chi connectivity index (χ0v) is 11.6. The fraction of sp³-hybridized carbons (Fsp3) is 0.625. The van der Waals surface area contributed by atoms with Gasteiger partial charge in [-0.05, 0) is 68.3 Å². The van der Waals surface area contributed by atoms with Crippen molar-refractivity contribution in [1.82, 2.24) is 5.32 Å². The number of nitrogens with one attached hydrogen (secondary N) is 1. The predicted octanol–water partition coefficient (Wildman–Crippen LogP) is 1.91. The van der Waals surface area contributed by atoms with E-state index in [2.05, 4.69) is 23.5 Å². The summed E-state index contributed by atoms with van der Waals surface area (Å²) >= 11 is 0. The highest BCUT2D eigenvalue weighted by Crippen LogP contribution is 2.39. The lowest BCUT2D eigenvalue weighted by atomic mass is 9.95. The van der Waals surface area contributed by atoms with E-state index in [1.165, 1.54) is 43.2 Å². The molecule has 1 atom stereocenters. The van der Waals surface area contributed by atoms with Crippen LogP contribution in [0.15, 0.2) is 18.2 Å². The van der Waals surface area contributed by atoms with Crippen molar-refractivity contribution < 1.29 is 9.84 Å². The number of fused-ring (bicyclic) bond motifs is 1. The molecule has 3 heteroatoms. The zero-order chi connectivity index (χ0) is 13.3. The van der Waals surface area contributed by atoms with Gasteiger partial charge in [0.15, 0.2) is 0 Å². The second-order valence-electron chi connectivity index (χ2n) is 5.91. The van der Waals surface area contributed by atoms with Crippen molar-refractivity contribution in [2.75, 3.05) is 20.3 Å². The van der Waals surface area contributed by atoms with Crippen molar-refractivity contribution in [3.05, 3.63) is 29.3 Å². The Kier molecular flexibility index (Phi) is 3.50. The molecule has 0 radical (unpaired) electrons. The minimum Gasteiger partial charge on any atom is -0.492 e. The number of hydrogen-bond donors (Lipinski definition) is 2. The van der Waals surface area contributed by atoms with Gasteiger partial charge in [-0.25, -0.2) is 0 Å². The lowest BCUT2D eigenvalue weighted by molar-refractivity contribution is 0.0914. The minimum atomic E-state index is -0.265. The monoisotopic (exact) mass is 261 g/mol. The molecule has 1 saturated carbocycles. The summed E-state index contributed by atoms with van der Waals surface area (Å²) in [6, 6.07) is 6.43. The quantitative estimate of drug-likeness (QED) is 0.822. The van der Waals surface area contributed by atoms with Crippen molar-refractivity contribution in [1.29, 1.82) is 0 Å². The summed E-state index contributed by atoms with van der Waals surface area (Å²) < 4.78 is 5.96. The SMILES string of the molecule is CNC(CO)(COc1ccc2c(c1)CCC2)C1CC1. The molecule has 2 aliphatic carbocycles. The van der Waals surface area contributed by atoms with Gasteiger partial charge in [-0.15, -0.1) is 0 Å². The van der Waals surface area contributed by atoms with Crippen LogP contribution in [-0.2, 0) is 12.8 Å². The van der Waals surface area contributed by atoms with Crippen LogP contribution in [0.3, 0.4) is 0 Å². The number of benzene rings is 1. The molecule has 0 spiro atoms. The van der Waals surface area contributed by atoms with Crippen LogP contribution in [0.1, 0.15) is 30.4 Å². The molecular formula is C16H23NO2. The van der Waals surface area contributed by atoms with Crippen LogP contribution in [0.2, 0.25) is 0 Å². The number of ether oxygens (including phenoxy) is 1. The lowest BCUT2D eigenvalue weighted by Gasteiger charge is -2.31. The summed E-state index contributed by atoms with van der Waals surface area (Å²) in [6.07, 6.45) is 6.02. The first-order chi connectivity index (χ1) is 9.27. The fourth-order valence-electron chi connectivity index (χ4n) is 3.13. The van der Waals surface area contributed by atoms with Crippen molar-refractivity contribution in [2.24, 2.45) is 5.92 Å². The van der Waals surface area contributed by atoms with Crippen LogP contribution in [0.25, 0.3) is 0 Å². The first kappa shape index (κ1) is 12.9. The maximum atomic E-state index is 9.68. The molecule has 3 nitrogen and oxygen atoms in total. The Bertz CT molecular complexity index is 450. The Labute approximate surface area is 115 Å². The lowest BCUT2D eigenvalue weighted by Crippen LogP contribution is -2.53. The van der Waals surface area contributed by atoms with Gasteiger partial charge in [-0.1, -0.05) is 6.07 Å². The third kappa shape index (κ3) is 2.49. The molecule has 1 aromatic carbocycles. The minimum absolute atomic E-state index is 0.138. The van der Waals surface area contributed by atoms with Crippen LogP contribution >= 0.6 is 0 Å². The summed E-state index contributed by atoms with van der Waals surface area (Å²) in [5, 5.41) is 13.0. The van der Waals surface area contributed by atoms with E-state index in [1.54, 1.807) is 0 Å². The second-order valence-corrected chi connectivity index (χ2v) is 5.91. The summed E-state index contributed by atoms with van der Waals surface area (Å²) in [5.41, 5.74) is 2.64. The van der Waals surface area contributed by atoms with Crippen LogP contribution in [0.5, 0.6) is 5.75 Å². The number of aliphatic hydroxyl groups is 1. The van der Waals surface area contributed by atoms with Gasteiger partial charge in [-0.2, -0.15) is 0 Å². The molecule has 1 fully saturated rings. The summed E-state index contributed by atoms with van der Waals surface area (Å²) in [7, 11) is 1.92. The summed E-state index contributed by atoms with van der Waals surface area (Å²) in [6.45, 7) is 0.683. The largest absolute Gasteiger partial charge is 0.492 e. The van der Waals surface area contributed by atoms with Crippen molar-refractivity contribution in [3.8, 4) is 5.75 Å². The molecule has 0 heterocycles. The van der Waals surface area contributed by atoms with Crippen LogP contribution in [0, 0.1) is 5.92 Å². The zero-order valence-electron chi connectivity index (χ0n) is 11.6. The Morgan fingerprint density at radius 1 is 1.32 bits per heavy atom. The van der Waals surface area contributed by atoms with E-state index >= 15 is 0 Å². The topological polar surface area (TPSA) is 41.5 Å². The first-order valence-electron chi connectivity index (χ1n) is 7.32.